The highest BCUT2D eigenvalue weighted by atomic mass is 35.5. The molecule has 0 radical (unpaired) electrons. The molecule has 17 heavy (non-hydrogen) atoms. The highest BCUT2D eigenvalue weighted by molar-refractivity contribution is 6.65. The summed E-state index contributed by atoms with van der Waals surface area (Å²) in [6.07, 6.45) is 1.00. The van der Waals surface area contributed by atoms with E-state index in [4.69, 9.17) is 11.6 Å². The lowest BCUT2D eigenvalue weighted by Gasteiger charge is -2.32. The average molecular weight is 259 g/mol. The maximum Gasteiger partial charge on any atom is 0.220 e. The molecular weight excluding hydrogens is 236 g/mol. The van der Waals surface area contributed by atoms with E-state index < -0.39 is 0 Å². The van der Waals surface area contributed by atoms with Gasteiger partial charge in [0.25, 0.3) is 0 Å². The van der Waals surface area contributed by atoms with Gasteiger partial charge in [-0.3, -0.25) is 4.90 Å². The van der Waals surface area contributed by atoms with Gasteiger partial charge in [-0.1, -0.05) is 13.8 Å². The third-order valence-electron chi connectivity index (χ3n) is 3.20. The molecule has 0 saturated carbocycles. The quantitative estimate of drug-likeness (QED) is 0.709. The Morgan fingerprint density at radius 2 is 1.71 bits per heavy atom. The van der Waals surface area contributed by atoms with Gasteiger partial charge in [0.05, 0.1) is 0 Å². The third kappa shape index (κ3) is 3.68. The standard InChI is InChI=1S/C12H23ClN4/c1-5-16(6-2)10-9-11(15-12(13)14-10)17(7-3)8-4/h10H,5-9H2,1-4H3. The van der Waals surface area contributed by atoms with Crippen molar-refractivity contribution in [3.8, 4) is 0 Å². The predicted octanol–water partition coefficient (Wildman–Crippen LogP) is 2.39. The molecule has 0 aromatic rings. The number of rotatable bonds is 5. The van der Waals surface area contributed by atoms with Gasteiger partial charge in [-0.2, -0.15) is 0 Å². The van der Waals surface area contributed by atoms with E-state index in [1.807, 2.05) is 0 Å². The summed E-state index contributed by atoms with van der Waals surface area (Å²) in [4.78, 5) is 13.3. The van der Waals surface area contributed by atoms with Crippen LogP contribution in [0.3, 0.4) is 0 Å². The number of hydrogen-bond donors (Lipinski definition) is 0. The molecule has 1 rings (SSSR count). The highest BCUT2D eigenvalue weighted by Gasteiger charge is 2.23. The molecule has 1 unspecified atom stereocenters. The lowest BCUT2D eigenvalue weighted by molar-refractivity contribution is 0.222. The van der Waals surface area contributed by atoms with Gasteiger partial charge >= 0.3 is 0 Å². The van der Waals surface area contributed by atoms with Gasteiger partial charge in [-0.25, -0.2) is 9.98 Å². The number of nitrogens with zero attached hydrogens (tertiary/aromatic N) is 4. The van der Waals surface area contributed by atoms with E-state index in [9.17, 15) is 0 Å². The van der Waals surface area contributed by atoms with Crippen LogP contribution in [0, 0.1) is 0 Å². The molecule has 1 atom stereocenters. The summed E-state index contributed by atoms with van der Waals surface area (Å²) in [7, 11) is 0. The largest absolute Gasteiger partial charge is 0.360 e. The summed E-state index contributed by atoms with van der Waals surface area (Å²) < 4.78 is 0. The van der Waals surface area contributed by atoms with Crippen molar-refractivity contribution < 1.29 is 0 Å². The smallest absolute Gasteiger partial charge is 0.220 e. The second-order valence-corrected chi connectivity index (χ2v) is 4.34. The first-order valence-corrected chi connectivity index (χ1v) is 6.83. The van der Waals surface area contributed by atoms with Crippen molar-refractivity contribution in [1.82, 2.24) is 9.80 Å². The van der Waals surface area contributed by atoms with Gasteiger partial charge in [-0.05, 0) is 38.5 Å². The lowest BCUT2D eigenvalue weighted by atomic mass is 10.2. The van der Waals surface area contributed by atoms with Crippen molar-refractivity contribution >= 4 is 22.7 Å². The molecule has 0 spiro atoms. The van der Waals surface area contributed by atoms with Crippen LogP contribution in [0.15, 0.2) is 9.98 Å². The zero-order chi connectivity index (χ0) is 12.8. The molecule has 0 saturated heterocycles. The summed E-state index contributed by atoms with van der Waals surface area (Å²) >= 11 is 6.03. The van der Waals surface area contributed by atoms with Crippen molar-refractivity contribution in [1.29, 1.82) is 0 Å². The van der Waals surface area contributed by atoms with E-state index in [1.165, 1.54) is 0 Å². The zero-order valence-corrected chi connectivity index (χ0v) is 12.0. The van der Waals surface area contributed by atoms with Crippen LogP contribution in [-0.2, 0) is 0 Å². The van der Waals surface area contributed by atoms with Crippen molar-refractivity contribution in [3.05, 3.63) is 0 Å². The summed E-state index contributed by atoms with van der Waals surface area (Å²) in [6, 6.07) is 0. The molecule has 4 nitrogen and oxygen atoms in total. The Bertz CT molecular complexity index is 293. The van der Waals surface area contributed by atoms with Gasteiger partial charge < -0.3 is 4.90 Å². The monoisotopic (exact) mass is 258 g/mol. The van der Waals surface area contributed by atoms with Crippen LogP contribution in [0.1, 0.15) is 34.1 Å². The molecule has 0 amide bonds. The predicted molar refractivity (Wildman–Crippen MR) is 75.0 cm³/mol. The fraction of sp³-hybridized carbons (Fsp3) is 0.833. The Kier molecular flexibility index (Phi) is 5.92. The van der Waals surface area contributed by atoms with Crippen LogP contribution >= 0.6 is 11.6 Å². The molecular formula is C12H23ClN4. The van der Waals surface area contributed by atoms with Gasteiger partial charge in [0.1, 0.15) is 12.0 Å². The molecule has 5 heteroatoms. The fourth-order valence-corrected chi connectivity index (χ4v) is 2.37. The Morgan fingerprint density at radius 3 is 2.18 bits per heavy atom. The summed E-state index contributed by atoms with van der Waals surface area (Å²) in [6.45, 7) is 12.5. The van der Waals surface area contributed by atoms with Gasteiger partial charge in [-0.15, -0.1) is 0 Å². The topological polar surface area (TPSA) is 31.2 Å². The molecule has 1 heterocycles. The molecule has 0 fully saturated rings. The first-order valence-electron chi connectivity index (χ1n) is 6.45. The summed E-state index contributed by atoms with van der Waals surface area (Å²) in [5.41, 5.74) is 0. The van der Waals surface area contributed by atoms with Crippen LogP contribution in [0.4, 0.5) is 0 Å². The molecule has 98 valence electrons. The van der Waals surface area contributed by atoms with Crippen molar-refractivity contribution in [3.63, 3.8) is 0 Å². The first-order chi connectivity index (χ1) is 8.15. The van der Waals surface area contributed by atoms with E-state index in [0.29, 0.717) is 5.29 Å². The second-order valence-electron chi connectivity index (χ2n) is 4.00. The minimum Gasteiger partial charge on any atom is -0.360 e. The number of halogens is 1. The Hall–Kier alpha value is -0.610. The molecule has 0 aromatic heterocycles. The zero-order valence-electron chi connectivity index (χ0n) is 11.3. The fourth-order valence-electron chi connectivity index (χ4n) is 2.16. The summed E-state index contributed by atoms with van der Waals surface area (Å²) in [5.74, 6) is 1.06. The van der Waals surface area contributed by atoms with E-state index in [0.717, 1.165) is 38.4 Å². The normalized spacial score (nSPS) is 20.2. The molecule has 1 aliphatic rings. The van der Waals surface area contributed by atoms with Crippen molar-refractivity contribution in [2.24, 2.45) is 9.98 Å². The molecule has 0 N–H and O–H groups in total. The van der Waals surface area contributed by atoms with Crippen molar-refractivity contribution in [2.45, 2.75) is 40.3 Å². The Balaban J connectivity index is 2.81. The Morgan fingerprint density at radius 1 is 1.12 bits per heavy atom. The Labute approximate surface area is 109 Å². The van der Waals surface area contributed by atoms with Crippen molar-refractivity contribution in [2.75, 3.05) is 26.2 Å². The van der Waals surface area contributed by atoms with Gasteiger partial charge in [0.2, 0.25) is 5.29 Å². The van der Waals surface area contributed by atoms with Gasteiger partial charge in [0.15, 0.2) is 0 Å². The van der Waals surface area contributed by atoms with Crippen LogP contribution in [0.25, 0.3) is 0 Å². The second kappa shape index (κ2) is 6.97. The summed E-state index contributed by atoms with van der Waals surface area (Å²) in [5, 5.41) is 0.384. The maximum absolute atomic E-state index is 6.03. The van der Waals surface area contributed by atoms with E-state index in [2.05, 4.69) is 47.5 Å². The van der Waals surface area contributed by atoms with E-state index in [-0.39, 0.29) is 6.17 Å². The minimum atomic E-state index is 0.144. The van der Waals surface area contributed by atoms with E-state index in [1.54, 1.807) is 0 Å². The molecule has 0 bridgehead atoms. The number of aliphatic imine (C=N–C) groups is 2. The molecule has 1 aliphatic heterocycles. The minimum absolute atomic E-state index is 0.144. The van der Waals surface area contributed by atoms with Crippen LogP contribution in [0.2, 0.25) is 0 Å². The van der Waals surface area contributed by atoms with Crippen LogP contribution in [-0.4, -0.2) is 53.3 Å². The van der Waals surface area contributed by atoms with Crippen LogP contribution < -0.4 is 0 Å². The van der Waals surface area contributed by atoms with E-state index >= 15 is 0 Å². The molecule has 0 aromatic carbocycles. The third-order valence-corrected chi connectivity index (χ3v) is 3.39. The SMILES string of the molecule is CCN(CC)C1=NC(Cl)=NC(N(CC)CC)C1. The molecule has 0 aliphatic carbocycles. The maximum atomic E-state index is 6.03. The number of hydrogen-bond acceptors (Lipinski definition) is 4. The highest BCUT2D eigenvalue weighted by Crippen LogP contribution is 2.16. The van der Waals surface area contributed by atoms with Gasteiger partial charge in [0, 0.05) is 19.5 Å². The van der Waals surface area contributed by atoms with Crippen LogP contribution in [0.5, 0.6) is 0 Å². The average Bonchev–Trinajstić information content (AvgIpc) is 2.31. The lowest BCUT2D eigenvalue weighted by Crippen LogP contribution is -2.42. The number of amidine groups is 2. The first kappa shape index (κ1) is 14.5.